The molecule has 0 bridgehead atoms. The molecule has 129 valence electrons. The summed E-state index contributed by atoms with van der Waals surface area (Å²) in [7, 11) is 0. The Bertz CT molecular complexity index is 451. The van der Waals surface area contributed by atoms with E-state index in [-0.39, 0.29) is 5.91 Å². The molecule has 3 heteroatoms. The average Bonchev–Trinajstić information content (AvgIpc) is 2.54. The molecule has 1 radical (unpaired) electrons. The van der Waals surface area contributed by atoms with E-state index in [4.69, 9.17) is 0 Å². The van der Waals surface area contributed by atoms with E-state index in [1.807, 2.05) is 6.07 Å². The molecule has 1 rings (SSSR count). The van der Waals surface area contributed by atoms with Gasteiger partial charge in [0.05, 0.1) is 0 Å². The number of unbranched alkanes of at least 4 members (excludes halogenated alkanes) is 3. The van der Waals surface area contributed by atoms with Crippen molar-refractivity contribution < 1.29 is 4.79 Å². The van der Waals surface area contributed by atoms with Crippen LogP contribution < -0.4 is 8.90 Å². The van der Waals surface area contributed by atoms with Crippen LogP contribution in [0.1, 0.15) is 59.3 Å². The molecule has 0 fully saturated rings. The van der Waals surface area contributed by atoms with Crippen LogP contribution in [0.2, 0.25) is 13.3 Å². The third-order valence-corrected chi connectivity index (χ3v) is 20.4. The van der Waals surface area contributed by atoms with Crippen molar-refractivity contribution in [1.82, 2.24) is 0 Å². The van der Waals surface area contributed by atoms with Crippen molar-refractivity contribution in [3.8, 4) is 0 Å². The number of carbonyl (C=O) groups is 1. The van der Waals surface area contributed by atoms with Crippen molar-refractivity contribution in [1.29, 1.82) is 0 Å². The zero-order valence-corrected chi connectivity index (χ0v) is 18.1. The fourth-order valence-corrected chi connectivity index (χ4v) is 19.5. The van der Waals surface area contributed by atoms with E-state index in [1.54, 1.807) is 3.58 Å². The Hall–Kier alpha value is -0.511. The van der Waals surface area contributed by atoms with Gasteiger partial charge in [-0.3, -0.25) is 0 Å². The van der Waals surface area contributed by atoms with Gasteiger partial charge in [-0.05, 0) is 0 Å². The van der Waals surface area contributed by atoms with Crippen LogP contribution in [-0.4, -0.2) is 24.3 Å². The van der Waals surface area contributed by atoms with E-state index in [0.29, 0.717) is 0 Å². The molecule has 0 heterocycles. The predicted molar refractivity (Wildman–Crippen MR) is 105 cm³/mol. The standard InChI is InChI=1S/C8H7NO.3C4H9.Sn/c1-7(10)9-8-5-3-2-4-6-8;3*1-3-4-2;/h2-3,5-6H,1H2,(H,9,10);3*1,3-4H2,2H3;. The molecule has 0 unspecified atom stereocenters. The van der Waals surface area contributed by atoms with Crippen LogP contribution in [0.15, 0.2) is 24.3 Å². The Kier molecular flexibility index (Phi) is 9.92. The molecular formula is C20H34NOSn. The Balaban J connectivity index is 3.14. The van der Waals surface area contributed by atoms with Gasteiger partial charge in [0, 0.05) is 0 Å². The first-order chi connectivity index (χ1) is 11.1. The van der Waals surface area contributed by atoms with E-state index < -0.39 is 18.4 Å². The van der Waals surface area contributed by atoms with Gasteiger partial charge in [-0.15, -0.1) is 0 Å². The van der Waals surface area contributed by atoms with Crippen LogP contribution in [-0.2, 0) is 4.79 Å². The van der Waals surface area contributed by atoms with Crippen LogP contribution in [0, 0.1) is 6.92 Å². The first kappa shape index (κ1) is 20.5. The van der Waals surface area contributed by atoms with Crippen LogP contribution in [0.3, 0.4) is 0 Å². The van der Waals surface area contributed by atoms with Crippen molar-refractivity contribution >= 4 is 33.6 Å². The van der Waals surface area contributed by atoms with Gasteiger partial charge < -0.3 is 0 Å². The predicted octanol–water partition coefficient (Wildman–Crippen LogP) is 5.52. The van der Waals surface area contributed by atoms with Crippen molar-refractivity contribution in [2.45, 2.75) is 72.6 Å². The first-order valence-corrected chi connectivity index (χ1v) is 16.8. The quantitative estimate of drug-likeness (QED) is 0.467. The second kappa shape index (κ2) is 11.1. The third-order valence-electron chi connectivity index (χ3n) is 4.79. The molecule has 23 heavy (non-hydrogen) atoms. The average molecular weight is 423 g/mol. The minimum atomic E-state index is -2.38. The van der Waals surface area contributed by atoms with Gasteiger partial charge in [-0.2, -0.15) is 0 Å². The topological polar surface area (TPSA) is 29.1 Å². The number of carbonyl (C=O) groups excluding carboxylic acids is 1. The number of hydrogen-bond donors (Lipinski definition) is 1. The molecule has 0 saturated carbocycles. The van der Waals surface area contributed by atoms with Crippen LogP contribution in [0.4, 0.5) is 5.69 Å². The molecule has 1 aromatic rings. The van der Waals surface area contributed by atoms with Crippen LogP contribution >= 0.6 is 0 Å². The van der Waals surface area contributed by atoms with Gasteiger partial charge in [0.15, 0.2) is 0 Å². The van der Waals surface area contributed by atoms with Gasteiger partial charge in [-0.1, -0.05) is 0 Å². The molecular weight excluding hydrogens is 389 g/mol. The van der Waals surface area contributed by atoms with Gasteiger partial charge >= 0.3 is 147 Å². The van der Waals surface area contributed by atoms with Gasteiger partial charge in [-0.25, -0.2) is 0 Å². The summed E-state index contributed by atoms with van der Waals surface area (Å²) < 4.78 is 5.95. The third kappa shape index (κ3) is 6.86. The van der Waals surface area contributed by atoms with E-state index >= 15 is 0 Å². The Morgan fingerprint density at radius 2 is 1.52 bits per heavy atom. The number of amides is 1. The Morgan fingerprint density at radius 1 is 1.00 bits per heavy atom. The van der Waals surface area contributed by atoms with Gasteiger partial charge in [0.25, 0.3) is 0 Å². The van der Waals surface area contributed by atoms with Gasteiger partial charge in [0.2, 0.25) is 0 Å². The molecule has 0 aliphatic rings. The monoisotopic (exact) mass is 424 g/mol. The zero-order valence-electron chi connectivity index (χ0n) is 15.3. The molecule has 1 N–H and O–H groups in total. The van der Waals surface area contributed by atoms with E-state index in [1.165, 1.54) is 51.8 Å². The number of anilines is 1. The summed E-state index contributed by atoms with van der Waals surface area (Å²) in [4.78, 5) is 11.3. The summed E-state index contributed by atoms with van der Waals surface area (Å²) in [5.41, 5.74) is 0.924. The van der Waals surface area contributed by atoms with E-state index in [0.717, 1.165) is 5.69 Å². The molecule has 0 saturated heterocycles. The van der Waals surface area contributed by atoms with Crippen LogP contribution in [0.5, 0.6) is 0 Å². The molecule has 0 spiro atoms. The Labute approximate surface area is 147 Å². The van der Waals surface area contributed by atoms with E-state index in [9.17, 15) is 4.79 Å². The van der Waals surface area contributed by atoms with Crippen molar-refractivity contribution in [2.24, 2.45) is 0 Å². The summed E-state index contributed by atoms with van der Waals surface area (Å²) in [6, 6.07) is 8.72. The number of nitrogens with one attached hydrogen (secondary N) is 1. The summed E-state index contributed by atoms with van der Waals surface area (Å²) in [6.45, 7) is 10.3. The van der Waals surface area contributed by atoms with E-state index in [2.05, 4.69) is 51.2 Å². The summed E-state index contributed by atoms with van der Waals surface area (Å²) in [5, 5.41) is 2.87. The minimum absolute atomic E-state index is 0.223. The molecule has 0 aromatic heterocycles. The molecule has 2 nitrogen and oxygen atoms in total. The second-order valence-corrected chi connectivity index (χ2v) is 20.0. The van der Waals surface area contributed by atoms with Gasteiger partial charge in [0.1, 0.15) is 0 Å². The first-order valence-electron chi connectivity index (χ1n) is 9.31. The second-order valence-electron chi connectivity index (χ2n) is 6.72. The summed E-state index contributed by atoms with van der Waals surface area (Å²) in [6.07, 6.45) is 7.92. The van der Waals surface area contributed by atoms with Crippen molar-refractivity contribution in [2.75, 3.05) is 5.32 Å². The molecule has 1 amide bonds. The van der Waals surface area contributed by atoms with Crippen molar-refractivity contribution in [3.05, 3.63) is 31.2 Å². The maximum atomic E-state index is 11.3. The number of hydrogen-bond acceptors (Lipinski definition) is 1. The summed E-state index contributed by atoms with van der Waals surface area (Å²) in [5.74, 6) is -0.223. The number of benzene rings is 1. The Morgan fingerprint density at radius 3 is 1.96 bits per heavy atom. The molecule has 1 aromatic carbocycles. The molecule has 0 aliphatic carbocycles. The maximum absolute atomic E-state index is 11.3. The fraction of sp³-hybridized carbons (Fsp3) is 0.600. The van der Waals surface area contributed by atoms with Crippen LogP contribution in [0.25, 0.3) is 0 Å². The molecule has 0 aliphatic heterocycles. The molecule has 0 atom stereocenters. The normalized spacial score (nSPS) is 11.5. The van der Waals surface area contributed by atoms with Crippen molar-refractivity contribution in [3.63, 3.8) is 0 Å². The number of rotatable bonds is 11. The fourth-order valence-electron chi connectivity index (χ4n) is 3.44. The SMILES string of the molecule is [CH2]C(=O)Nc1ccc[c]([Sn]([CH2]CCC)([CH2]CCC)[CH2]CCC)c1. The summed E-state index contributed by atoms with van der Waals surface area (Å²) >= 11 is -2.38. The zero-order chi connectivity index (χ0) is 17.1.